The fourth-order valence-corrected chi connectivity index (χ4v) is 2.16. The zero-order valence-corrected chi connectivity index (χ0v) is 20.5. The van der Waals surface area contributed by atoms with E-state index in [-0.39, 0.29) is 32.1 Å². The Morgan fingerprint density at radius 2 is 1.12 bits per heavy atom. The second-order valence-electron chi connectivity index (χ2n) is 8.88. The van der Waals surface area contributed by atoms with Crippen molar-refractivity contribution >= 4 is 18.3 Å². The standard InChI is InChI=1S/C22H41NO9/c1-21(2,3)31-19(25)7-11-27-13-15-29-17-18-30-16-14-28-12-9-23(8-10-24)20(26)32-22(4,5)6/h10H,7-9,11-18H2,1-6H3. The van der Waals surface area contributed by atoms with Crippen LogP contribution in [0.25, 0.3) is 0 Å². The highest BCUT2D eigenvalue weighted by Gasteiger charge is 2.21. The molecule has 0 atom stereocenters. The van der Waals surface area contributed by atoms with Crippen LogP contribution in [0.15, 0.2) is 0 Å². The Morgan fingerprint density at radius 3 is 1.56 bits per heavy atom. The van der Waals surface area contributed by atoms with Crippen LogP contribution in [0.4, 0.5) is 4.79 Å². The van der Waals surface area contributed by atoms with E-state index in [1.165, 1.54) is 4.90 Å². The van der Waals surface area contributed by atoms with Gasteiger partial charge in [0.25, 0.3) is 0 Å². The molecule has 10 nitrogen and oxygen atoms in total. The smallest absolute Gasteiger partial charge is 0.410 e. The van der Waals surface area contributed by atoms with Crippen LogP contribution in [0.2, 0.25) is 0 Å². The third kappa shape index (κ3) is 20.2. The summed E-state index contributed by atoms with van der Waals surface area (Å²) < 4.78 is 31.9. The number of rotatable bonds is 17. The van der Waals surface area contributed by atoms with Crippen LogP contribution in [-0.4, -0.2) is 100 Å². The van der Waals surface area contributed by atoms with Gasteiger partial charge in [-0.1, -0.05) is 0 Å². The molecule has 0 saturated heterocycles. The number of ether oxygens (including phenoxy) is 6. The number of amides is 1. The number of aldehydes is 1. The predicted octanol–water partition coefficient (Wildman–Crippen LogP) is 2.22. The molecule has 0 aliphatic heterocycles. The molecule has 0 heterocycles. The van der Waals surface area contributed by atoms with Gasteiger partial charge in [0.05, 0.1) is 65.8 Å². The summed E-state index contributed by atoms with van der Waals surface area (Å²) in [6.07, 6.45) is 0.319. The van der Waals surface area contributed by atoms with Gasteiger partial charge in [0.1, 0.15) is 17.5 Å². The fourth-order valence-electron chi connectivity index (χ4n) is 2.16. The van der Waals surface area contributed by atoms with E-state index in [0.717, 1.165) is 0 Å². The van der Waals surface area contributed by atoms with E-state index in [2.05, 4.69) is 0 Å². The maximum absolute atomic E-state index is 12.0. The zero-order valence-electron chi connectivity index (χ0n) is 20.5. The first kappa shape index (κ1) is 30.2. The fraction of sp³-hybridized carbons (Fsp3) is 0.864. The van der Waals surface area contributed by atoms with Gasteiger partial charge in [-0.05, 0) is 41.5 Å². The number of carbonyl (C=O) groups excluding carboxylic acids is 3. The van der Waals surface area contributed by atoms with Crippen LogP contribution in [0, 0.1) is 0 Å². The van der Waals surface area contributed by atoms with E-state index in [4.69, 9.17) is 28.4 Å². The molecule has 0 aliphatic carbocycles. The summed E-state index contributed by atoms with van der Waals surface area (Å²) in [5.74, 6) is -0.282. The van der Waals surface area contributed by atoms with Crippen LogP contribution >= 0.6 is 0 Å². The van der Waals surface area contributed by atoms with Gasteiger partial charge in [0, 0.05) is 6.54 Å². The molecule has 0 unspecified atom stereocenters. The largest absolute Gasteiger partial charge is 0.460 e. The molecule has 0 saturated carbocycles. The second-order valence-corrected chi connectivity index (χ2v) is 8.88. The Kier molecular flexibility index (Phi) is 15.9. The number of hydrogen-bond acceptors (Lipinski definition) is 9. The molecular formula is C22H41NO9. The number of nitrogens with zero attached hydrogens (tertiary/aromatic N) is 1. The van der Waals surface area contributed by atoms with Crippen molar-refractivity contribution in [3.05, 3.63) is 0 Å². The van der Waals surface area contributed by atoms with Crippen LogP contribution in [0.3, 0.4) is 0 Å². The maximum atomic E-state index is 12.0. The summed E-state index contributed by atoms with van der Waals surface area (Å²) in [7, 11) is 0. The molecule has 0 spiro atoms. The van der Waals surface area contributed by atoms with Crippen molar-refractivity contribution in [2.75, 3.05) is 65.9 Å². The van der Waals surface area contributed by atoms with Gasteiger partial charge < -0.3 is 33.2 Å². The molecule has 32 heavy (non-hydrogen) atoms. The molecule has 0 aromatic rings. The first-order valence-electron chi connectivity index (χ1n) is 10.9. The van der Waals surface area contributed by atoms with E-state index in [9.17, 15) is 14.4 Å². The van der Waals surface area contributed by atoms with Crippen molar-refractivity contribution < 1.29 is 42.8 Å². The highest BCUT2D eigenvalue weighted by Crippen LogP contribution is 2.09. The molecule has 1 amide bonds. The SMILES string of the molecule is CC(C)(C)OC(=O)CCOCCOCCOCCOCCN(CC=O)C(=O)OC(C)(C)C. The molecule has 0 rings (SSSR count). The van der Waals surface area contributed by atoms with Crippen LogP contribution in [0.1, 0.15) is 48.0 Å². The van der Waals surface area contributed by atoms with E-state index in [1.54, 1.807) is 20.8 Å². The maximum Gasteiger partial charge on any atom is 0.410 e. The van der Waals surface area contributed by atoms with Gasteiger partial charge in [-0.25, -0.2) is 4.79 Å². The summed E-state index contributed by atoms with van der Waals surface area (Å²) in [5, 5.41) is 0. The Bertz CT molecular complexity index is 526. The normalized spacial score (nSPS) is 11.8. The van der Waals surface area contributed by atoms with Crippen molar-refractivity contribution in [3.63, 3.8) is 0 Å². The van der Waals surface area contributed by atoms with E-state index >= 15 is 0 Å². The van der Waals surface area contributed by atoms with Gasteiger partial charge in [0.2, 0.25) is 0 Å². The van der Waals surface area contributed by atoms with Gasteiger partial charge in [0.15, 0.2) is 0 Å². The minimum absolute atomic E-state index is 0.0448. The van der Waals surface area contributed by atoms with E-state index in [1.807, 2.05) is 20.8 Å². The lowest BCUT2D eigenvalue weighted by molar-refractivity contribution is -0.156. The minimum atomic E-state index is -0.624. The van der Waals surface area contributed by atoms with Gasteiger partial charge in [-0.2, -0.15) is 0 Å². The van der Waals surface area contributed by atoms with Crippen molar-refractivity contribution in [1.29, 1.82) is 0 Å². The zero-order chi connectivity index (χ0) is 24.5. The minimum Gasteiger partial charge on any atom is -0.460 e. The summed E-state index contributed by atoms with van der Waals surface area (Å²) in [6, 6.07) is 0. The lowest BCUT2D eigenvalue weighted by Gasteiger charge is -2.26. The van der Waals surface area contributed by atoms with Gasteiger partial charge >= 0.3 is 12.1 Å². The molecule has 0 aliphatic rings. The molecule has 0 radical (unpaired) electrons. The van der Waals surface area contributed by atoms with Crippen molar-refractivity contribution in [3.8, 4) is 0 Å². The van der Waals surface area contributed by atoms with Crippen LogP contribution < -0.4 is 0 Å². The van der Waals surface area contributed by atoms with Gasteiger partial charge in [-0.3, -0.25) is 9.69 Å². The quantitative estimate of drug-likeness (QED) is 0.182. The first-order chi connectivity index (χ1) is 14.9. The predicted molar refractivity (Wildman–Crippen MR) is 118 cm³/mol. The molecule has 0 aromatic carbocycles. The second kappa shape index (κ2) is 16.8. The molecule has 188 valence electrons. The summed E-state index contributed by atoms with van der Waals surface area (Å²) >= 11 is 0. The van der Waals surface area contributed by atoms with Crippen molar-refractivity contribution in [2.24, 2.45) is 0 Å². The highest BCUT2D eigenvalue weighted by atomic mass is 16.6. The third-order valence-electron chi connectivity index (χ3n) is 3.44. The third-order valence-corrected chi connectivity index (χ3v) is 3.44. The van der Waals surface area contributed by atoms with Crippen LogP contribution in [-0.2, 0) is 38.0 Å². The summed E-state index contributed by atoms with van der Waals surface area (Å²) in [4.78, 5) is 35.5. The Balaban J connectivity index is 3.56. The lowest BCUT2D eigenvalue weighted by atomic mass is 10.2. The summed E-state index contributed by atoms with van der Waals surface area (Å²) in [5.41, 5.74) is -1.11. The van der Waals surface area contributed by atoms with E-state index in [0.29, 0.717) is 52.5 Å². The molecule has 0 N–H and O–H groups in total. The Labute approximate surface area is 191 Å². The topological polar surface area (TPSA) is 110 Å². The summed E-state index contributed by atoms with van der Waals surface area (Å²) in [6.45, 7) is 13.9. The number of hydrogen-bond donors (Lipinski definition) is 0. The van der Waals surface area contributed by atoms with Crippen molar-refractivity contribution in [2.45, 2.75) is 59.2 Å². The number of esters is 1. The monoisotopic (exact) mass is 463 g/mol. The lowest BCUT2D eigenvalue weighted by Crippen LogP contribution is -2.39. The highest BCUT2D eigenvalue weighted by molar-refractivity contribution is 5.71. The molecule has 10 heteroatoms. The van der Waals surface area contributed by atoms with Crippen molar-refractivity contribution in [1.82, 2.24) is 4.90 Å². The molecular weight excluding hydrogens is 422 g/mol. The Hall–Kier alpha value is -1.75. The molecule has 0 aromatic heterocycles. The molecule has 0 bridgehead atoms. The first-order valence-corrected chi connectivity index (χ1v) is 10.9. The Morgan fingerprint density at radius 1 is 0.688 bits per heavy atom. The average Bonchev–Trinajstić information content (AvgIpc) is 2.64. The van der Waals surface area contributed by atoms with Gasteiger partial charge in [-0.15, -0.1) is 0 Å². The van der Waals surface area contributed by atoms with E-state index < -0.39 is 17.3 Å². The molecule has 0 fully saturated rings. The number of carbonyl (C=O) groups is 3. The van der Waals surface area contributed by atoms with Crippen LogP contribution in [0.5, 0.6) is 0 Å². The average molecular weight is 464 g/mol.